The first kappa shape index (κ1) is 11.8. The van der Waals surface area contributed by atoms with Gasteiger partial charge in [0.1, 0.15) is 0 Å². The summed E-state index contributed by atoms with van der Waals surface area (Å²) < 4.78 is 5.67. The fraction of sp³-hybridized carbons (Fsp3) is 0.100. The topological polar surface area (TPSA) is 66.8 Å². The van der Waals surface area contributed by atoms with E-state index in [0.717, 1.165) is 9.65 Å². The number of carbonyl (C=O) groups is 1. The number of carboxylic acids is 1. The van der Waals surface area contributed by atoms with Crippen molar-refractivity contribution in [3.05, 3.63) is 27.3 Å². The first-order chi connectivity index (χ1) is 7.04. The third kappa shape index (κ3) is 3.12. The number of phenolic OH excluding ortho intramolecular Hbond substituents is 1. The summed E-state index contributed by atoms with van der Waals surface area (Å²) in [6, 6.07) is 3.09. The second-order valence-electron chi connectivity index (χ2n) is 2.72. The number of carboxylic acid groups (broad SMARTS) is 1. The van der Waals surface area contributed by atoms with Gasteiger partial charge in [0.05, 0.1) is 7.11 Å². The highest BCUT2D eigenvalue weighted by atomic mass is 127. The Bertz CT molecular complexity index is 412. The number of hydrogen-bond donors (Lipinski definition) is 2. The Labute approximate surface area is 100 Å². The number of aromatic hydroxyl groups is 1. The lowest BCUT2D eigenvalue weighted by Gasteiger charge is -2.06. The Morgan fingerprint density at radius 3 is 2.73 bits per heavy atom. The quantitative estimate of drug-likeness (QED) is 0.661. The molecule has 0 radical (unpaired) electrons. The molecule has 0 heterocycles. The average Bonchev–Trinajstić information content (AvgIpc) is 2.16. The standard InChI is InChI=1S/C10H9IO4/c1-15-9-4-6(2-3-10(13)14)7(11)5-8(9)12/h2-5,12H,1H3,(H,13,14)/b3-2+. The van der Waals surface area contributed by atoms with Gasteiger partial charge >= 0.3 is 5.97 Å². The molecule has 4 nitrogen and oxygen atoms in total. The minimum Gasteiger partial charge on any atom is -0.504 e. The molecule has 0 aromatic heterocycles. The van der Waals surface area contributed by atoms with Crippen LogP contribution in [-0.4, -0.2) is 23.3 Å². The summed E-state index contributed by atoms with van der Waals surface area (Å²) in [6.07, 6.45) is 2.49. The number of benzene rings is 1. The smallest absolute Gasteiger partial charge is 0.328 e. The Morgan fingerprint density at radius 1 is 1.53 bits per heavy atom. The summed E-state index contributed by atoms with van der Waals surface area (Å²) in [7, 11) is 1.44. The first-order valence-electron chi connectivity index (χ1n) is 4.02. The Hall–Kier alpha value is -1.24. The van der Waals surface area contributed by atoms with Crippen molar-refractivity contribution in [2.75, 3.05) is 7.11 Å². The minimum absolute atomic E-state index is 0.0365. The zero-order valence-corrected chi connectivity index (χ0v) is 10.1. The largest absolute Gasteiger partial charge is 0.504 e. The van der Waals surface area contributed by atoms with Crippen LogP contribution in [0, 0.1) is 3.57 Å². The van der Waals surface area contributed by atoms with Crippen LogP contribution in [0.15, 0.2) is 18.2 Å². The molecule has 0 bridgehead atoms. The number of hydrogen-bond acceptors (Lipinski definition) is 3. The highest BCUT2D eigenvalue weighted by Gasteiger charge is 2.05. The molecular formula is C10H9IO4. The van der Waals surface area contributed by atoms with Gasteiger partial charge in [0.25, 0.3) is 0 Å². The van der Waals surface area contributed by atoms with Crippen LogP contribution in [0.1, 0.15) is 5.56 Å². The molecule has 0 fully saturated rings. The lowest BCUT2D eigenvalue weighted by molar-refractivity contribution is -0.131. The fourth-order valence-electron chi connectivity index (χ4n) is 1.01. The van der Waals surface area contributed by atoms with Gasteiger partial charge in [-0.25, -0.2) is 4.79 Å². The van der Waals surface area contributed by atoms with E-state index in [9.17, 15) is 9.90 Å². The zero-order chi connectivity index (χ0) is 11.4. The van der Waals surface area contributed by atoms with Gasteiger partial charge in [0.2, 0.25) is 0 Å². The molecule has 1 rings (SSSR count). The van der Waals surface area contributed by atoms with Gasteiger partial charge in [-0.2, -0.15) is 0 Å². The van der Waals surface area contributed by atoms with Crippen LogP contribution in [0.5, 0.6) is 11.5 Å². The van der Waals surface area contributed by atoms with E-state index in [0.29, 0.717) is 11.3 Å². The summed E-state index contributed by atoms with van der Waals surface area (Å²) in [4.78, 5) is 10.3. The molecule has 0 aliphatic carbocycles. The SMILES string of the molecule is COc1cc(/C=C/C(=O)O)c(I)cc1O. The maximum absolute atomic E-state index is 10.3. The van der Waals surface area contributed by atoms with Crippen molar-refractivity contribution < 1.29 is 19.7 Å². The number of methoxy groups -OCH3 is 1. The average molecular weight is 320 g/mol. The molecule has 15 heavy (non-hydrogen) atoms. The maximum atomic E-state index is 10.3. The molecule has 1 aromatic carbocycles. The molecular weight excluding hydrogens is 311 g/mol. The number of aliphatic carboxylic acids is 1. The highest BCUT2D eigenvalue weighted by Crippen LogP contribution is 2.30. The van der Waals surface area contributed by atoms with Crippen LogP contribution >= 0.6 is 22.6 Å². The molecule has 0 saturated carbocycles. The summed E-state index contributed by atoms with van der Waals surface area (Å²) >= 11 is 2.01. The lowest BCUT2D eigenvalue weighted by atomic mass is 10.2. The second-order valence-corrected chi connectivity index (χ2v) is 3.88. The van der Waals surface area contributed by atoms with Crippen LogP contribution in [0.3, 0.4) is 0 Å². The molecule has 0 atom stereocenters. The van der Waals surface area contributed by atoms with Crippen molar-refractivity contribution in [3.63, 3.8) is 0 Å². The molecule has 0 aliphatic rings. The Morgan fingerprint density at radius 2 is 2.20 bits per heavy atom. The summed E-state index contributed by atoms with van der Waals surface area (Å²) in [6.45, 7) is 0. The molecule has 0 aliphatic heterocycles. The van der Waals surface area contributed by atoms with E-state index < -0.39 is 5.97 Å². The van der Waals surface area contributed by atoms with Crippen molar-refractivity contribution in [2.24, 2.45) is 0 Å². The second kappa shape index (κ2) is 5.01. The minimum atomic E-state index is -1.02. The molecule has 2 N–H and O–H groups in total. The van der Waals surface area contributed by atoms with E-state index in [1.807, 2.05) is 22.6 Å². The third-order valence-electron chi connectivity index (χ3n) is 1.70. The van der Waals surface area contributed by atoms with Gasteiger partial charge < -0.3 is 14.9 Å². The number of rotatable bonds is 3. The van der Waals surface area contributed by atoms with Crippen LogP contribution in [0.2, 0.25) is 0 Å². The van der Waals surface area contributed by atoms with Gasteiger partial charge in [0.15, 0.2) is 11.5 Å². The third-order valence-corrected chi connectivity index (χ3v) is 2.64. The number of phenols is 1. The van der Waals surface area contributed by atoms with Gasteiger partial charge in [-0.15, -0.1) is 0 Å². The van der Waals surface area contributed by atoms with Crippen molar-refractivity contribution in [1.29, 1.82) is 0 Å². The van der Waals surface area contributed by atoms with E-state index in [-0.39, 0.29) is 5.75 Å². The lowest BCUT2D eigenvalue weighted by Crippen LogP contribution is -1.89. The van der Waals surface area contributed by atoms with Crippen LogP contribution in [0.25, 0.3) is 6.08 Å². The van der Waals surface area contributed by atoms with Gasteiger partial charge in [-0.3, -0.25) is 0 Å². The maximum Gasteiger partial charge on any atom is 0.328 e. The molecule has 0 unspecified atom stereocenters. The first-order valence-corrected chi connectivity index (χ1v) is 5.10. The van der Waals surface area contributed by atoms with Crippen LogP contribution in [0.4, 0.5) is 0 Å². The highest BCUT2D eigenvalue weighted by molar-refractivity contribution is 14.1. The molecule has 5 heteroatoms. The van der Waals surface area contributed by atoms with Crippen molar-refractivity contribution in [2.45, 2.75) is 0 Å². The summed E-state index contributed by atoms with van der Waals surface area (Å²) in [5.41, 5.74) is 0.688. The monoisotopic (exact) mass is 320 g/mol. The van der Waals surface area contributed by atoms with E-state index >= 15 is 0 Å². The van der Waals surface area contributed by atoms with Crippen molar-refractivity contribution in [3.8, 4) is 11.5 Å². The molecule has 0 amide bonds. The van der Waals surface area contributed by atoms with E-state index in [1.165, 1.54) is 19.3 Å². The molecule has 80 valence electrons. The molecule has 0 saturated heterocycles. The van der Waals surface area contributed by atoms with Crippen molar-refractivity contribution in [1.82, 2.24) is 0 Å². The van der Waals surface area contributed by atoms with Gasteiger partial charge in [-0.1, -0.05) is 0 Å². The number of ether oxygens (including phenoxy) is 1. The zero-order valence-electron chi connectivity index (χ0n) is 7.90. The van der Waals surface area contributed by atoms with E-state index in [1.54, 1.807) is 6.07 Å². The van der Waals surface area contributed by atoms with Crippen LogP contribution < -0.4 is 4.74 Å². The molecule has 1 aromatic rings. The van der Waals surface area contributed by atoms with Gasteiger partial charge in [0, 0.05) is 9.65 Å². The van der Waals surface area contributed by atoms with Crippen molar-refractivity contribution >= 4 is 34.6 Å². The van der Waals surface area contributed by atoms with Crippen LogP contribution in [-0.2, 0) is 4.79 Å². The Kier molecular flexibility index (Phi) is 3.96. The van der Waals surface area contributed by atoms with E-state index in [4.69, 9.17) is 9.84 Å². The Balaban J connectivity index is 3.13. The normalized spacial score (nSPS) is 10.5. The predicted molar refractivity (Wildman–Crippen MR) is 64.0 cm³/mol. The predicted octanol–water partition coefficient (Wildman–Crippen LogP) is 2.10. The summed E-state index contributed by atoms with van der Waals surface area (Å²) in [5.74, 6) is -0.660. The van der Waals surface area contributed by atoms with E-state index in [2.05, 4.69) is 0 Å². The number of halogens is 1. The fourth-order valence-corrected chi connectivity index (χ4v) is 1.64. The summed E-state index contributed by atoms with van der Waals surface area (Å²) in [5, 5.41) is 17.9. The molecule has 0 spiro atoms. The van der Waals surface area contributed by atoms with Gasteiger partial charge in [-0.05, 0) is 46.4 Å².